The molecule has 9 heteroatoms. The van der Waals surface area contributed by atoms with E-state index in [1.165, 1.54) is 5.56 Å². The quantitative estimate of drug-likeness (QED) is 0.267. The largest absolute Gasteiger partial charge is 0.492 e. The van der Waals surface area contributed by atoms with Gasteiger partial charge in [-0.2, -0.15) is 0 Å². The van der Waals surface area contributed by atoms with Gasteiger partial charge in [0.05, 0.1) is 23.2 Å². The zero-order chi connectivity index (χ0) is 25.8. The molecule has 2 N–H and O–H groups in total. The van der Waals surface area contributed by atoms with Crippen LogP contribution in [0.3, 0.4) is 0 Å². The molecular weight excluding hydrogens is 528 g/mol. The molecule has 2 amide bonds. The van der Waals surface area contributed by atoms with Crippen LogP contribution in [0.15, 0.2) is 77.3 Å². The zero-order valence-electron chi connectivity index (χ0n) is 19.8. The Balaban J connectivity index is 1.40. The zero-order valence-corrected chi connectivity index (χ0v) is 21.4. The number of carbonyl (C=O) groups is 3. The summed E-state index contributed by atoms with van der Waals surface area (Å²) in [5, 5.41) is 0. The van der Waals surface area contributed by atoms with Crippen molar-refractivity contribution in [3.05, 3.63) is 94.0 Å². The number of hydrogen-bond donors (Lipinski definition) is 2. The van der Waals surface area contributed by atoms with Crippen LogP contribution in [0.4, 0.5) is 0 Å². The maximum Gasteiger partial charge on any atom is 0.338 e. The fourth-order valence-corrected chi connectivity index (χ4v) is 3.52. The fourth-order valence-electron chi connectivity index (χ4n) is 3.03. The Morgan fingerprint density at radius 3 is 2.25 bits per heavy atom. The highest BCUT2D eigenvalue weighted by molar-refractivity contribution is 9.10. The molecule has 188 valence electrons. The van der Waals surface area contributed by atoms with Gasteiger partial charge in [0, 0.05) is 12.0 Å². The van der Waals surface area contributed by atoms with Crippen molar-refractivity contribution in [3.63, 3.8) is 0 Å². The maximum absolute atomic E-state index is 12.4. The normalized spacial score (nSPS) is 10.3. The summed E-state index contributed by atoms with van der Waals surface area (Å²) in [5.74, 6) is -0.438. The van der Waals surface area contributed by atoms with E-state index in [9.17, 15) is 14.4 Å². The number of benzene rings is 3. The van der Waals surface area contributed by atoms with E-state index in [-0.39, 0.29) is 6.61 Å². The summed E-state index contributed by atoms with van der Waals surface area (Å²) in [6, 6.07) is 21.2. The van der Waals surface area contributed by atoms with Gasteiger partial charge in [-0.3, -0.25) is 20.4 Å². The second-order valence-corrected chi connectivity index (χ2v) is 8.53. The number of rotatable bonds is 11. The Hall–Kier alpha value is -3.85. The Kier molecular flexibility index (Phi) is 10.3. The van der Waals surface area contributed by atoms with Crippen LogP contribution in [0.2, 0.25) is 0 Å². The van der Waals surface area contributed by atoms with Crippen LogP contribution in [-0.2, 0) is 16.0 Å². The minimum absolute atomic E-state index is 0.322. The van der Waals surface area contributed by atoms with Crippen molar-refractivity contribution in [2.24, 2.45) is 0 Å². The van der Waals surface area contributed by atoms with Crippen LogP contribution in [0.25, 0.3) is 0 Å². The molecule has 0 unspecified atom stereocenters. The van der Waals surface area contributed by atoms with Gasteiger partial charge in [-0.05, 0) is 70.4 Å². The molecule has 0 aliphatic rings. The van der Waals surface area contributed by atoms with E-state index in [4.69, 9.17) is 14.2 Å². The number of esters is 1. The predicted octanol–water partition coefficient (Wildman–Crippen LogP) is 4.48. The van der Waals surface area contributed by atoms with Crippen molar-refractivity contribution in [3.8, 4) is 11.5 Å². The lowest BCUT2D eigenvalue weighted by Crippen LogP contribution is -2.43. The molecule has 0 spiro atoms. The average Bonchev–Trinajstić information content (AvgIpc) is 2.91. The van der Waals surface area contributed by atoms with E-state index in [0.717, 1.165) is 12.8 Å². The molecule has 0 aliphatic heterocycles. The Morgan fingerprint density at radius 2 is 1.56 bits per heavy atom. The molecule has 8 nitrogen and oxygen atoms in total. The van der Waals surface area contributed by atoms with Gasteiger partial charge >= 0.3 is 5.97 Å². The van der Waals surface area contributed by atoms with Gasteiger partial charge in [-0.15, -0.1) is 0 Å². The first-order valence-electron chi connectivity index (χ1n) is 11.4. The minimum Gasteiger partial charge on any atom is -0.492 e. The molecule has 0 saturated heterocycles. The van der Waals surface area contributed by atoms with Gasteiger partial charge in [0.2, 0.25) is 0 Å². The van der Waals surface area contributed by atoms with Gasteiger partial charge in [-0.25, -0.2) is 4.79 Å². The molecule has 0 fully saturated rings. The number of hydrogen-bond acceptors (Lipinski definition) is 6. The minimum atomic E-state index is -0.547. The first-order valence-corrected chi connectivity index (χ1v) is 12.2. The molecule has 3 aromatic carbocycles. The van der Waals surface area contributed by atoms with Gasteiger partial charge in [-0.1, -0.05) is 37.3 Å². The highest BCUT2D eigenvalue weighted by Gasteiger charge is 2.12. The predicted molar refractivity (Wildman–Crippen MR) is 138 cm³/mol. The van der Waals surface area contributed by atoms with Crippen LogP contribution in [0.1, 0.15) is 39.6 Å². The number of halogens is 1. The highest BCUT2D eigenvalue weighted by atomic mass is 79.9. The van der Waals surface area contributed by atoms with E-state index in [1.807, 2.05) is 37.3 Å². The molecule has 0 aliphatic carbocycles. The highest BCUT2D eigenvalue weighted by Crippen LogP contribution is 2.26. The number of carbonyl (C=O) groups excluding carboxylic acids is 3. The summed E-state index contributed by atoms with van der Waals surface area (Å²) in [6.07, 6.45) is 1.50. The van der Waals surface area contributed by atoms with Crippen molar-refractivity contribution in [2.45, 2.75) is 19.8 Å². The van der Waals surface area contributed by atoms with Gasteiger partial charge in [0.15, 0.2) is 6.61 Å². The molecule has 0 bridgehead atoms. The van der Waals surface area contributed by atoms with E-state index >= 15 is 0 Å². The topological polar surface area (TPSA) is 103 Å². The monoisotopic (exact) mass is 554 g/mol. The first kappa shape index (κ1) is 26.7. The van der Waals surface area contributed by atoms with Crippen molar-refractivity contribution in [1.29, 1.82) is 0 Å². The van der Waals surface area contributed by atoms with E-state index in [1.54, 1.807) is 42.5 Å². The van der Waals surface area contributed by atoms with E-state index in [2.05, 4.69) is 26.8 Å². The second-order valence-electron chi connectivity index (χ2n) is 7.68. The van der Waals surface area contributed by atoms with Crippen LogP contribution in [-0.4, -0.2) is 37.6 Å². The lowest BCUT2D eigenvalue weighted by Gasteiger charge is -2.11. The molecule has 0 atom stereocenters. The van der Waals surface area contributed by atoms with Gasteiger partial charge < -0.3 is 14.2 Å². The van der Waals surface area contributed by atoms with Crippen LogP contribution >= 0.6 is 15.9 Å². The summed E-state index contributed by atoms with van der Waals surface area (Å²) in [6.45, 7) is 2.44. The standard InChI is InChI=1S/C27H27BrN2O6/c1-2-15-35-27(33)20-8-11-22(12-9-20)36-18-25(31)29-30-26(32)21-10-13-24(23(28)17-21)34-16-14-19-6-4-3-5-7-19/h3-13,17H,2,14-16,18H2,1H3,(H,29,31)(H,30,32). The summed E-state index contributed by atoms with van der Waals surface area (Å²) in [5.41, 5.74) is 6.56. The molecule has 0 heterocycles. The van der Waals surface area contributed by atoms with Crippen LogP contribution in [0, 0.1) is 0 Å². The average molecular weight is 555 g/mol. The van der Waals surface area contributed by atoms with E-state index in [0.29, 0.717) is 40.3 Å². The Labute approximate surface area is 218 Å². The summed E-state index contributed by atoms with van der Waals surface area (Å²) >= 11 is 3.42. The molecule has 0 aromatic heterocycles. The third-order valence-corrected chi connectivity index (χ3v) is 5.52. The third-order valence-electron chi connectivity index (χ3n) is 4.90. The van der Waals surface area contributed by atoms with Crippen molar-refractivity contribution in [1.82, 2.24) is 10.9 Å². The summed E-state index contributed by atoms with van der Waals surface area (Å²) < 4.78 is 16.9. The molecule has 0 radical (unpaired) electrons. The molecule has 36 heavy (non-hydrogen) atoms. The number of hydrazine groups is 1. The molecule has 3 aromatic rings. The SMILES string of the molecule is CCCOC(=O)c1ccc(OCC(=O)NNC(=O)c2ccc(OCCc3ccccc3)c(Br)c2)cc1. The molecule has 0 saturated carbocycles. The molecular formula is C27H27BrN2O6. The fraction of sp³-hybridized carbons (Fsp3) is 0.222. The van der Waals surface area contributed by atoms with Gasteiger partial charge in [0.1, 0.15) is 11.5 Å². The van der Waals surface area contributed by atoms with Crippen molar-refractivity contribution >= 4 is 33.7 Å². The van der Waals surface area contributed by atoms with Crippen molar-refractivity contribution in [2.75, 3.05) is 19.8 Å². The van der Waals surface area contributed by atoms with Crippen LogP contribution < -0.4 is 20.3 Å². The number of nitrogens with one attached hydrogen (secondary N) is 2. The van der Waals surface area contributed by atoms with Gasteiger partial charge in [0.25, 0.3) is 11.8 Å². The lowest BCUT2D eigenvalue weighted by molar-refractivity contribution is -0.123. The van der Waals surface area contributed by atoms with E-state index < -0.39 is 17.8 Å². The number of amides is 2. The Morgan fingerprint density at radius 1 is 0.833 bits per heavy atom. The van der Waals surface area contributed by atoms with Crippen LogP contribution in [0.5, 0.6) is 11.5 Å². The smallest absolute Gasteiger partial charge is 0.338 e. The maximum atomic E-state index is 12.4. The second kappa shape index (κ2) is 13.9. The third kappa shape index (κ3) is 8.42. The Bertz CT molecular complexity index is 1170. The lowest BCUT2D eigenvalue weighted by atomic mass is 10.2. The summed E-state index contributed by atoms with van der Waals surface area (Å²) in [7, 11) is 0. The summed E-state index contributed by atoms with van der Waals surface area (Å²) in [4.78, 5) is 36.2. The first-order chi connectivity index (χ1) is 17.5. The number of ether oxygens (including phenoxy) is 3. The molecule has 3 rings (SSSR count). The van der Waals surface area contributed by atoms with Crippen molar-refractivity contribution < 1.29 is 28.6 Å².